The van der Waals surface area contributed by atoms with E-state index in [1.165, 1.54) is 132 Å². The second-order valence-electron chi connectivity index (χ2n) is 17.2. The van der Waals surface area contributed by atoms with Crippen molar-refractivity contribution in [2.75, 3.05) is 0 Å². The van der Waals surface area contributed by atoms with Gasteiger partial charge in [-0.1, -0.05) is 196 Å². The van der Waals surface area contributed by atoms with Crippen molar-refractivity contribution in [3.63, 3.8) is 0 Å². The fourth-order valence-corrected chi connectivity index (χ4v) is 10.8. The van der Waals surface area contributed by atoms with Crippen LogP contribution in [0.2, 0.25) is 0 Å². The molecule has 0 spiro atoms. The molecule has 59 heavy (non-hydrogen) atoms. The third-order valence-corrected chi connectivity index (χ3v) is 13.8. The monoisotopic (exact) mass is 746 g/mol. The average molecular weight is 747 g/mol. The molecule has 0 aliphatic heterocycles. The highest BCUT2D eigenvalue weighted by molar-refractivity contribution is 6.25. The van der Waals surface area contributed by atoms with Crippen molar-refractivity contribution in [1.29, 1.82) is 0 Å². The van der Waals surface area contributed by atoms with E-state index in [1.54, 1.807) is 0 Å². The number of rotatable bonds is 4. The molecule has 11 aromatic rings. The third-order valence-electron chi connectivity index (χ3n) is 13.8. The van der Waals surface area contributed by atoms with Crippen molar-refractivity contribution in [3.05, 3.63) is 205 Å². The Kier molecular flexibility index (Phi) is 6.60. The molecule has 11 aromatic carbocycles. The average Bonchev–Trinajstić information content (AvgIpc) is 3.74. The summed E-state index contributed by atoms with van der Waals surface area (Å²) in [6.07, 6.45) is 0. The Morgan fingerprint density at radius 3 is 1.27 bits per heavy atom. The van der Waals surface area contributed by atoms with Gasteiger partial charge in [-0.3, -0.25) is 0 Å². The molecule has 0 nitrogen and oxygen atoms in total. The normalized spacial score (nSPS) is 13.4. The molecule has 0 atom stereocenters. The van der Waals surface area contributed by atoms with E-state index in [9.17, 15) is 0 Å². The zero-order chi connectivity index (χ0) is 39.0. The first-order valence-corrected chi connectivity index (χ1v) is 20.8. The van der Waals surface area contributed by atoms with E-state index in [1.807, 2.05) is 0 Å². The van der Waals surface area contributed by atoms with Gasteiger partial charge >= 0.3 is 0 Å². The van der Waals surface area contributed by atoms with Gasteiger partial charge in [-0.2, -0.15) is 0 Å². The van der Waals surface area contributed by atoms with E-state index in [4.69, 9.17) is 0 Å². The molecule has 0 heteroatoms. The van der Waals surface area contributed by atoms with Crippen molar-refractivity contribution in [1.82, 2.24) is 0 Å². The van der Waals surface area contributed by atoms with E-state index >= 15 is 0 Å². The van der Waals surface area contributed by atoms with Gasteiger partial charge in [-0.25, -0.2) is 0 Å². The number of hydrogen-bond donors (Lipinski definition) is 0. The van der Waals surface area contributed by atoms with E-state index in [2.05, 4.69) is 208 Å². The number of hydrogen-bond acceptors (Lipinski definition) is 0. The molecule has 0 aromatic heterocycles. The molecule has 0 saturated heterocycles. The van der Waals surface area contributed by atoms with Gasteiger partial charge in [0, 0.05) is 5.41 Å². The van der Waals surface area contributed by atoms with Crippen LogP contribution in [0.5, 0.6) is 0 Å². The highest BCUT2D eigenvalue weighted by Crippen LogP contribution is 2.52. The standard InChI is InChI=1S/C59H38/c1-59(2)54-33-42(35-13-17-37(18-14-35)44-27-23-41-22-21-39-7-5-8-40-24-30-52(44)57(41)56(39)40)25-28-48(54)49-29-26-43(34-55(49)59)36-15-19-38(20-16-36)45-31-32-53-47-10-4-3-9-46(47)51-12-6-11-50(45)58(51)53/h3-34H,1-2H3. The first-order valence-electron chi connectivity index (χ1n) is 20.8. The van der Waals surface area contributed by atoms with Crippen molar-refractivity contribution in [2.45, 2.75) is 19.3 Å². The Bertz CT molecular complexity index is 3500. The summed E-state index contributed by atoms with van der Waals surface area (Å²) < 4.78 is 0. The first-order chi connectivity index (χ1) is 29.0. The minimum atomic E-state index is -0.125. The quantitative estimate of drug-likeness (QED) is 0.157. The van der Waals surface area contributed by atoms with Gasteiger partial charge in [-0.15, -0.1) is 0 Å². The predicted molar refractivity (Wildman–Crippen MR) is 251 cm³/mol. The summed E-state index contributed by atoms with van der Waals surface area (Å²) in [5.41, 5.74) is 20.8. The molecule has 13 rings (SSSR count). The van der Waals surface area contributed by atoms with Crippen LogP contribution in [-0.2, 0) is 5.41 Å². The summed E-state index contributed by atoms with van der Waals surface area (Å²) in [4.78, 5) is 0. The minimum absolute atomic E-state index is 0.125. The van der Waals surface area contributed by atoms with Gasteiger partial charge in [0.2, 0.25) is 0 Å². The van der Waals surface area contributed by atoms with Crippen LogP contribution in [0.3, 0.4) is 0 Å². The van der Waals surface area contributed by atoms with Crippen LogP contribution >= 0.6 is 0 Å². The first kappa shape index (κ1) is 32.8. The second kappa shape index (κ2) is 11.9. The van der Waals surface area contributed by atoms with Crippen molar-refractivity contribution < 1.29 is 0 Å². The molecule has 2 aliphatic rings. The Labute approximate surface area is 344 Å². The van der Waals surface area contributed by atoms with E-state index in [-0.39, 0.29) is 5.41 Å². The number of fused-ring (bicyclic) bond motifs is 6. The SMILES string of the molecule is CC1(C)c2cc(-c3ccc(-c4ccc5c6c(cccc46)-c4ccccc4-5)cc3)ccc2-c2ccc(-c3ccc(-c4ccc5ccc6cccc7ccc4c5c67)cc3)cc21. The summed E-state index contributed by atoms with van der Waals surface area (Å²) in [5, 5.41) is 10.6. The maximum atomic E-state index is 2.44. The molecule has 2 aliphatic carbocycles. The summed E-state index contributed by atoms with van der Waals surface area (Å²) in [6, 6.07) is 73.1. The van der Waals surface area contributed by atoms with Crippen molar-refractivity contribution in [3.8, 4) is 77.9 Å². The highest BCUT2D eigenvalue weighted by atomic mass is 14.4. The van der Waals surface area contributed by atoms with Gasteiger partial charge in [-0.05, 0) is 144 Å². The lowest BCUT2D eigenvalue weighted by molar-refractivity contribution is 0.661. The molecular weight excluding hydrogens is 709 g/mol. The largest absolute Gasteiger partial charge is 0.0616 e. The van der Waals surface area contributed by atoms with Gasteiger partial charge in [0.15, 0.2) is 0 Å². The van der Waals surface area contributed by atoms with Gasteiger partial charge in [0.05, 0.1) is 0 Å². The Balaban J connectivity index is 0.808. The molecule has 0 amide bonds. The Hall–Kier alpha value is -7.28. The van der Waals surface area contributed by atoms with Crippen LogP contribution < -0.4 is 0 Å². The van der Waals surface area contributed by atoms with E-state index in [0.717, 1.165) is 0 Å². The summed E-state index contributed by atoms with van der Waals surface area (Å²) in [5.74, 6) is 0. The van der Waals surface area contributed by atoms with E-state index < -0.39 is 0 Å². The third kappa shape index (κ3) is 4.60. The van der Waals surface area contributed by atoms with Crippen molar-refractivity contribution >= 4 is 43.1 Å². The van der Waals surface area contributed by atoms with Crippen LogP contribution in [-0.4, -0.2) is 0 Å². The molecule has 0 N–H and O–H groups in total. The molecule has 0 heterocycles. The number of benzene rings is 11. The lowest BCUT2D eigenvalue weighted by atomic mass is 9.80. The Morgan fingerprint density at radius 1 is 0.254 bits per heavy atom. The Morgan fingerprint density at radius 2 is 0.661 bits per heavy atom. The van der Waals surface area contributed by atoms with Crippen molar-refractivity contribution in [2.24, 2.45) is 0 Å². The van der Waals surface area contributed by atoms with E-state index in [0.29, 0.717) is 0 Å². The molecule has 0 saturated carbocycles. The summed E-state index contributed by atoms with van der Waals surface area (Å²) >= 11 is 0. The fraction of sp³-hybridized carbons (Fsp3) is 0.0508. The molecule has 0 fully saturated rings. The molecular formula is C59H38. The topological polar surface area (TPSA) is 0 Å². The van der Waals surface area contributed by atoms with Gasteiger partial charge < -0.3 is 0 Å². The second-order valence-corrected chi connectivity index (χ2v) is 17.2. The van der Waals surface area contributed by atoms with Crippen LogP contribution in [0, 0.1) is 0 Å². The van der Waals surface area contributed by atoms with Crippen LogP contribution in [0.25, 0.3) is 121 Å². The molecule has 0 radical (unpaired) electrons. The molecule has 0 bridgehead atoms. The maximum Gasteiger partial charge on any atom is 0.0159 e. The van der Waals surface area contributed by atoms with Gasteiger partial charge in [0.1, 0.15) is 0 Å². The summed E-state index contributed by atoms with van der Waals surface area (Å²) in [6.45, 7) is 4.78. The minimum Gasteiger partial charge on any atom is -0.0616 e. The molecule has 0 unspecified atom stereocenters. The van der Waals surface area contributed by atoms with Crippen LogP contribution in [0.4, 0.5) is 0 Å². The van der Waals surface area contributed by atoms with Gasteiger partial charge in [0.25, 0.3) is 0 Å². The maximum absolute atomic E-state index is 2.44. The zero-order valence-electron chi connectivity index (χ0n) is 33.0. The summed E-state index contributed by atoms with van der Waals surface area (Å²) in [7, 11) is 0. The fourth-order valence-electron chi connectivity index (χ4n) is 10.8. The highest BCUT2D eigenvalue weighted by Gasteiger charge is 2.36. The van der Waals surface area contributed by atoms with Crippen LogP contribution in [0.1, 0.15) is 25.0 Å². The smallest absolute Gasteiger partial charge is 0.0159 e. The predicted octanol–water partition coefficient (Wildman–Crippen LogP) is 16.4. The van der Waals surface area contributed by atoms with Crippen LogP contribution in [0.15, 0.2) is 194 Å². The zero-order valence-corrected chi connectivity index (χ0v) is 33.0. The lowest BCUT2D eigenvalue weighted by Crippen LogP contribution is -2.15. The lowest BCUT2D eigenvalue weighted by Gasteiger charge is -2.23. The molecule has 274 valence electrons.